The minimum absolute atomic E-state index is 0. The normalized spacial score (nSPS) is 17.2. The van der Waals surface area contributed by atoms with Gasteiger partial charge in [0.05, 0.1) is 0 Å². The lowest BCUT2D eigenvalue weighted by atomic mass is 9.79. The van der Waals surface area contributed by atoms with Gasteiger partial charge in [0.15, 0.2) is 5.96 Å². The number of likely N-dealkylation sites (tertiary alicyclic amines) is 1. The number of aliphatic hydroxyl groups excluding tert-OH is 1. The van der Waals surface area contributed by atoms with Crippen molar-refractivity contribution in [1.29, 1.82) is 0 Å². The number of hydrogen-bond acceptors (Lipinski definition) is 3. The van der Waals surface area contributed by atoms with E-state index in [4.69, 9.17) is 4.99 Å². The fourth-order valence-electron chi connectivity index (χ4n) is 3.47. The third kappa shape index (κ3) is 9.43. The summed E-state index contributed by atoms with van der Waals surface area (Å²) < 4.78 is 0. The minimum Gasteiger partial charge on any atom is -0.396 e. The van der Waals surface area contributed by atoms with E-state index < -0.39 is 0 Å². The molecule has 3 N–H and O–H groups in total. The fraction of sp³-hybridized carbons (Fsp3) is 0.947. The van der Waals surface area contributed by atoms with Crippen LogP contribution >= 0.6 is 24.0 Å². The summed E-state index contributed by atoms with van der Waals surface area (Å²) in [6, 6.07) is 0. The second-order valence-corrected chi connectivity index (χ2v) is 7.37. The highest BCUT2D eigenvalue weighted by Crippen LogP contribution is 2.30. The van der Waals surface area contributed by atoms with E-state index in [0.29, 0.717) is 5.92 Å². The van der Waals surface area contributed by atoms with Crippen LogP contribution in [0.2, 0.25) is 0 Å². The highest BCUT2D eigenvalue weighted by atomic mass is 127. The Bertz CT molecular complexity index is 355. The summed E-state index contributed by atoms with van der Waals surface area (Å²) >= 11 is 0. The first-order chi connectivity index (χ1) is 11.6. The highest BCUT2D eigenvalue weighted by Gasteiger charge is 2.25. The average molecular weight is 468 g/mol. The Morgan fingerprint density at radius 3 is 2.32 bits per heavy atom. The maximum absolute atomic E-state index is 9.36. The number of rotatable bonds is 11. The lowest BCUT2D eigenvalue weighted by molar-refractivity contribution is 0.175. The molecule has 0 bridgehead atoms. The Hall–Kier alpha value is -0.0800. The molecule has 1 fully saturated rings. The van der Waals surface area contributed by atoms with Crippen LogP contribution in [0.4, 0.5) is 0 Å². The molecule has 0 aromatic rings. The van der Waals surface area contributed by atoms with Gasteiger partial charge < -0.3 is 20.6 Å². The van der Waals surface area contributed by atoms with Crippen LogP contribution in [0.15, 0.2) is 4.99 Å². The summed E-state index contributed by atoms with van der Waals surface area (Å²) in [5.74, 6) is 1.53. The third-order valence-corrected chi connectivity index (χ3v) is 5.45. The van der Waals surface area contributed by atoms with Crippen LogP contribution in [0.5, 0.6) is 0 Å². The molecule has 0 amide bonds. The second-order valence-electron chi connectivity index (χ2n) is 7.37. The van der Waals surface area contributed by atoms with E-state index in [1.54, 1.807) is 0 Å². The van der Waals surface area contributed by atoms with Crippen LogP contribution in [0.3, 0.4) is 0 Å². The van der Waals surface area contributed by atoms with E-state index in [1.165, 1.54) is 32.5 Å². The molecule has 1 atom stereocenters. The molecule has 1 aliphatic heterocycles. The predicted molar refractivity (Wildman–Crippen MR) is 119 cm³/mol. The van der Waals surface area contributed by atoms with E-state index in [2.05, 4.69) is 43.2 Å². The fourth-order valence-corrected chi connectivity index (χ4v) is 3.47. The Morgan fingerprint density at radius 2 is 1.80 bits per heavy atom. The number of nitrogens with zero attached hydrogens (tertiary/aromatic N) is 2. The number of aliphatic imine (C=N–C) groups is 1. The molecule has 0 spiro atoms. The molecule has 1 unspecified atom stereocenters. The SMILES string of the molecule is CCNC(=NCC(CC)(CC)CCO)NCC(C)CN1CCCC1.I. The zero-order valence-electron chi connectivity index (χ0n) is 16.8. The van der Waals surface area contributed by atoms with Gasteiger partial charge in [-0.3, -0.25) is 4.99 Å². The summed E-state index contributed by atoms with van der Waals surface area (Å²) in [5.41, 5.74) is 0.123. The van der Waals surface area contributed by atoms with Gasteiger partial charge in [-0.2, -0.15) is 0 Å². The van der Waals surface area contributed by atoms with E-state index in [-0.39, 0.29) is 36.0 Å². The summed E-state index contributed by atoms with van der Waals surface area (Å²) in [6.45, 7) is 15.3. The Kier molecular flexibility index (Phi) is 14.0. The monoisotopic (exact) mass is 468 g/mol. The zero-order valence-corrected chi connectivity index (χ0v) is 19.1. The summed E-state index contributed by atoms with van der Waals surface area (Å²) in [4.78, 5) is 7.39. The molecule has 25 heavy (non-hydrogen) atoms. The van der Waals surface area contributed by atoms with Crippen molar-refractivity contribution in [3.05, 3.63) is 0 Å². The third-order valence-electron chi connectivity index (χ3n) is 5.45. The standard InChI is InChI=1S/C19H40N4O.HI/c1-5-19(6-2,10-13-24)16-22-18(20-7-3)21-14-17(4)15-23-11-8-9-12-23;/h17,24H,5-16H2,1-4H3,(H2,20,21,22);1H. The van der Waals surface area contributed by atoms with Crippen molar-refractivity contribution < 1.29 is 5.11 Å². The molecule has 0 aromatic carbocycles. The molecule has 0 saturated carbocycles. The first-order valence-electron chi connectivity index (χ1n) is 9.94. The van der Waals surface area contributed by atoms with Crippen molar-refractivity contribution in [2.75, 3.05) is 45.9 Å². The average Bonchev–Trinajstić information content (AvgIpc) is 3.09. The Labute approximate surface area is 172 Å². The Morgan fingerprint density at radius 1 is 1.16 bits per heavy atom. The summed E-state index contributed by atoms with van der Waals surface area (Å²) in [5, 5.41) is 16.2. The van der Waals surface area contributed by atoms with Gasteiger partial charge in [-0.15, -0.1) is 24.0 Å². The van der Waals surface area contributed by atoms with Crippen LogP contribution in [0, 0.1) is 11.3 Å². The van der Waals surface area contributed by atoms with Crippen molar-refractivity contribution in [3.8, 4) is 0 Å². The lowest BCUT2D eigenvalue weighted by Crippen LogP contribution is -2.42. The zero-order chi connectivity index (χ0) is 17.8. The van der Waals surface area contributed by atoms with Crippen molar-refractivity contribution in [2.45, 2.75) is 59.8 Å². The van der Waals surface area contributed by atoms with Gasteiger partial charge in [-0.1, -0.05) is 20.8 Å². The number of halogens is 1. The van der Waals surface area contributed by atoms with Crippen molar-refractivity contribution in [3.63, 3.8) is 0 Å². The second kappa shape index (κ2) is 14.0. The molecule has 6 heteroatoms. The van der Waals surface area contributed by atoms with Crippen LogP contribution in [0.25, 0.3) is 0 Å². The maximum atomic E-state index is 9.36. The van der Waals surface area contributed by atoms with Crippen molar-refractivity contribution >= 4 is 29.9 Å². The maximum Gasteiger partial charge on any atom is 0.191 e. The minimum atomic E-state index is 0. The van der Waals surface area contributed by atoms with Gasteiger partial charge in [0.1, 0.15) is 0 Å². The topological polar surface area (TPSA) is 59.9 Å². The van der Waals surface area contributed by atoms with Gasteiger partial charge in [-0.05, 0) is 63.5 Å². The number of guanidine groups is 1. The molecule has 5 nitrogen and oxygen atoms in total. The number of nitrogens with one attached hydrogen (secondary N) is 2. The number of hydrogen-bond donors (Lipinski definition) is 3. The highest BCUT2D eigenvalue weighted by molar-refractivity contribution is 14.0. The van der Waals surface area contributed by atoms with Crippen LogP contribution in [-0.2, 0) is 0 Å². The molecule has 0 aliphatic carbocycles. The Balaban J connectivity index is 0.00000576. The van der Waals surface area contributed by atoms with E-state index in [1.807, 2.05) is 0 Å². The summed E-state index contributed by atoms with van der Waals surface area (Å²) in [6.07, 6.45) is 5.64. The molecule has 1 rings (SSSR count). The predicted octanol–water partition coefficient (Wildman–Crippen LogP) is 3.08. The van der Waals surface area contributed by atoms with Gasteiger partial charge in [-0.25, -0.2) is 0 Å². The van der Waals surface area contributed by atoms with Gasteiger partial charge in [0, 0.05) is 32.8 Å². The lowest BCUT2D eigenvalue weighted by Gasteiger charge is -2.29. The van der Waals surface area contributed by atoms with Crippen LogP contribution in [0.1, 0.15) is 59.8 Å². The molecule has 150 valence electrons. The van der Waals surface area contributed by atoms with Gasteiger partial charge in [0.25, 0.3) is 0 Å². The first-order valence-corrected chi connectivity index (χ1v) is 9.94. The van der Waals surface area contributed by atoms with E-state index in [9.17, 15) is 5.11 Å². The largest absolute Gasteiger partial charge is 0.396 e. The first kappa shape index (κ1) is 24.9. The van der Waals surface area contributed by atoms with Crippen LogP contribution in [-0.4, -0.2) is 61.8 Å². The van der Waals surface area contributed by atoms with Gasteiger partial charge in [0.2, 0.25) is 0 Å². The molecule has 1 aliphatic rings. The summed E-state index contributed by atoms with van der Waals surface area (Å²) in [7, 11) is 0. The molecular formula is C19H41IN4O. The molecule has 1 heterocycles. The van der Waals surface area contributed by atoms with Crippen LogP contribution < -0.4 is 10.6 Å². The molecule has 1 saturated heterocycles. The molecule has 0 aromatic heterocycles. The van der Waals surface area contributed by atoms with Gasteiger partial charge >= 0.3 is 0 Å². The van der Waals surface area contributed by atoms with E-state index in [0.717, 1.165) is 44.9 Å². The molecular weight excluding hydrogens is 427 g/mol. The quantitative estimate of drug-likeness (QED) is 0.248. The van der Waals surface area contributed by atoms with Crippen molar-refractivity contribution in [2.24, 2.45) is 16.3 Å². The van der Waals surface area contributed by atoms with Crippen molar-refractivity contribution in [1.82, 2.24) is 15.5 Å². The smallest absolute Gasteiger partial charge is 0.191 e. The number of aliphatic hydroxyl groups is 1. The van der Waals surface area contributed by atoms with E-state index >= 15 is 0 Å². The molecule has 0 radical (unpaired) electrons.